The van der Waals surface area contributed by atoms with E-state index in [2.05, 4.69) is 20.5 Å². The van der Waals surface area contributed by atoms with Crippen LogP contribution >= 0.6 is 0 Å². The molecule has 22 heavy (non-hydrogen) atoms. The molecule has 0 amide bonds. The molecule has 4 aromatic rings. The molecule has 2 aromatic heterocycles. The number of benzene rings is 2. The lowest BCUT2D eigenvalue weighted by Gasteiger charge is -1.96. The third-order valence-corrected chi connectivity index (χ3v) is 3.19. The molecule has 0 unspecified atom stereocenters. The van der Waals surface area contributed by atoms with Crippen molar-refractivity contribution in [3.05, 3.63) is 66.9 Å². The van der Waals surface area contributed by atoms with Gasteiger partial charge in [0.05, 0.1) is 11.9 Å². The SMILES string of the molecule is c1ccc(-c2noc(-c3cn(-c4ccccc4)nn3)n2)cc1. The fraction of sp³-hybridized carbons (Fsp3) is 0. The molecular weight excluding hydrogens is 278 g/mol. The van der Waals surface area contributed by atoms with Gasteiger partial charge in [-0.25, -0.2) is 4.68 Å². The number of aromatic nitrogens is 5. The van der Waals surface area contributed by atoms with Crippen molar-refractivity contribution in [1.82, 2.24) is 25.1 Å². The van der Waals surface area contributed by atoms with Gasteiger partial charge in [0.15, 0.2) is 5.69 Å². The molecule has 0 aliphatic heterocycles. The highest BCUT2D eigenvalue weighted by molar-refractivity contribution is 5.57. The normalized spacial score (nSPS) is 10.7. The molecule has 0 fully saturated rings. The highest BCUT2D eigenvalue weighted by Crippen LogP contribution is 2.20. The van der Waals surface area contributed by atoms with Crippen molar-refractivity contribution >= 4 is 0 Å². The summed E-state index contributed by atoms with van der Waals surface area (Å²) in [6.07, 6.45) is 1.76. The minimum atomic E-state index is 0.348. The van der Waals surface area contributed by atoms with Crippen LogP contribution in [0.2, 0.25) is 0 Å². The van der Waals surface area contributed by atoms with Crippen LogP contribution in [0.5, 0.6) is 0 Å². The predicted molar refractivity (Wildman–Crippen MR) is 80.1 cm³/mol. The van der Waals surface area contributed by atoms with Crippen molar-refractivity contribution in [3.8, 4) is 28.7 Å². The first kappa shape index (κ1) is 12.5. The molecule has 0 atom stereocenters. The molecule has 0 saturated carbocycles. The lowest BCUT2D eigenvalue weighted by molar-refractivity contribution is 0.431. The van der Waals surface area contributed by atoms with Gasteiger partial charge in [-0.05, 0) is 12.1 Å². The lowest BCUT2D eigenvalue weighted by atomic mass is 10.2. The molecule has 0 aliphatic rings. The van der Waals surface area contributed by atoms with E-state index in [4.69, 9.17) is 4.52 Å². The first-order valence-corrected chi connectivity index (χ1v) is 6.77. The number of rotatable bonds is 3. The molecule has 2 aromatic carbocycles. The van der Waals surface area contributed by atoms with E-state index in [-0.39, 0.29) is 0 Å². The van der Waals surface area contributed by atoms with Gasteiger partial charge < -0.3 is 4.52 Å². The fourth-order valence-corrected chi connectivity index (χ4v) is 2.10. The zero-order valence-corrected chi connectivity index (χ0v) is 11.5. The van der Waals surface area contributed by atoms with E-state index < -0.39 is 0 Å². The van der Waals surface area contributed by atoms with Gasteiger partial charge in [0.25, 0.3) is 5.89 Å². The molecule has 2 heterocycles. The van der Waals surface area contributed by atoms with Gasteiger partial charge in [-0.2, -0.15) is 4.98 Å². The van der Waals surface area contributed by atoms with Gasteiger partial charge in [-0.3, -0.25) is 0 Å². The zero-order valence-electron chi connectivity index (χ0n) is 11.5. The minimum absolute atomic E-state index is 0.348. The molecule has 0 spiro atoms. The quantitative estimate of drug-likeness (QED) is 0.580. The van der Waals surface area contributed by atoms with Crippen LogP contribution in [0.15, 0.2) is 71.4 Å². The van der Waals surface area contributed by atoms with Gasteiger partial charge in [0.1, 0.15) is 0 Å². The summed E-state index contributed by atoms with van der Waals surface area (Å²) in [5.74, 6) is 0.880. The van der Waals surface area contributed by atoms with Crippen molar-refractivity contribution in [2.75, 3.05) is 0 Å². The van der Waals surface area contributed by atoms with E-state index in [1.807, 2.05) is 60.7 Å². The largest absolute Gasteiger partial charge is 0.332 e. The average Bonchev–Trinajstić information content (AvgIpc) is 3.26. The van der Waals surface area contributed by atoms with E-state index in [0.29, 0.717) is 17.4 Å². The molecule has 106 valence electrons. The second-order valence-corrected chi connectivity index (χ2v) is 4.67. The number of hydrogen-bond donors (Lipinski definition) is 0. The van der Waals surface area contributed by atoms with Gasteiger partial charge in [-0.1, -0.05) is 58.9 Å². The second-order valence-electron chi connectivity index (χ2n) is 4.67. The Morgan fingerprint density at radius 1 is 0.864 bits per heavy atom. The van der Waals surface area contributed by atoms with Gasteiger partial charge >= 0.3 is 0 Å². The Morgan fingerprint density at radius 2 is 1.59 bits per heavy atom. The van der Waals surface area contributed by atoms with Gasteiger partial charge in [0, 0.05) is 5.56 Å². The van der Waals surface area contributed by atoms with Gasteiger partial charge in [-0.15, -0.1) is 5.10 Å². The minimum Gasteiger partial charge on any atom is -0.332 e. The molecule has 0 saturated heterocycles. The van der Waals surface area contributed by atoms with Crippen LogP contribution < -0.4 is 0 Å². The smallest absolute Gasteiger partial charge is 0.280 e. The number of nitrogens with zero attached hydrogens (tertiary/aromatic N) is 5. The summed E-state index contributed by atoms with van der Waals surface area (Å²) >= 11 is 0. The maximum atomic E-state index is 5.28. The van der Waals surface area contributed by atoms with E-state index in [1.165, 1.54) is 0 Å². The van der Waals surface area contributed by atoms with Gasteiger partial charge in [0.2, 0.25) is 5.82 Å². The third-order valence-electron chi connectivity index (χ3n) is 3.19. The van der Waals surface area contributed by atoms with Crippen molar-refractivity contribution in [3.63, 3.8) is 0 Å². The highest BCUT2D eigenvalue weighted by Gasteiger charge is 2.14. The Kier molecular flexibility index (Phi) is 2.97. The number of para-hydroxylation sites is 1. The zero-order chi connectivity index (χ0) is 14.8. The fourth-order valence-electron chi connectivity index (χ4n) is 2.10. The predicted octanol–water partition coefficient (Wildman–Crippen LogP) is 2.98. The molecule has 6 heteroatoms. The van der Waals surface area contributed by atoms with E-state index in [1.54, 1.807) is 10.9 Å². The van der Waals surface area contributed by atoms with Crippen LogP contribution in [0.25, 0.3) is 28.7 Å². The van der Waals surface area contributed by atoms with Crippen LogP contribution in [0, 0.1) is 0 Å². The maximum Gasteiger partial charge on any atom is 0.280 e. The third kappa shape index (κ3) is 2.26. The summed E-state index contributed by atoms with van der Waals surface area (Å²) in [5.41, 5.74) is 2.36. The molecule has 0 aliphatic carbocycles. The van der Waals surface area contributed by atoms with Crippen LogP contribution in [0.1, 0.15) is 0 Å². The second kappa shape index (κ2) is 5.25. The lowest BCUT2D eigenvalue weighted by Crippen LogP contribution is -1.93. The molecule has 6 nitrogen and oxygen atoms in total. The standard InChI is InChI=1S/C16H11N5O/c1-3-7-12(8-4-1)15-17-16(22-19-15)14-11-21(20-18-14)13-9-5-2-6-10-13/h1-11H. The summed E-state index contributed by atoms with van der Waals surface area (Å²) in [7, 11) is 0. The summed E-state index contributed by atoms with van der Waals surface area (Å²) in [5, 5.41) is 12.2. The molecule has 0 N–H and O–H groups in total. The van der Waals surface area contributed by atoms with Crippen molar-refractivity contribution < 1.29 is 4.52 Å². The van der Waals surface area contributed by atoms with E-state index >= 15 is 0 Å². The topological polar surface area (TPSA) is 69.6 Å². The molecule has 0 radical (unpaired) electrons. The van der Waals surface area contributed by atoms with Crippen molar-refractivity contribution in [2.24, 2.45) is 0 Å². The average molecular weight is 289 g/mol. The summed E-state index contributed by atoms with van der Waals surface area (Å²) in [6.45, 7) is 0. The highest BCUT2D eigenvalue weighted by atomic mass is 16.5. The Morgan fingerprint density at radius 3 is 2.36 bits per heavy atom. The van der Waals surface area contributed by atoms with Crippen LogP contribution in [0.3, 0.4) is 0 Å². The monoisotopic (exact) mass is 289 g/mol. The maximum absolute atomic E-state index is 5.28. The summed E-state index contributed by atoms with van der Waals surface area (Å²) in [4.78, 5) is 4.36. The molecule has 0 bridgehead atoms. The van der Waals surface area contributed by atoms with Crippen molar-refractivity contribution in [1.29, 1.82) is 0 Å². The molecular formula is C16H11N5O. The van der Waals surface area contributed by atoms with Crippen molar-refractivity contribution in [2.45, 2.75) is 0 Å². The Labute approximate surface area is 126 Å². The Hall–Kier alpha value is -3.28. The number of hydrogen-bond acceptors (Lipinski definition) is 5. The first-order valence-electron chi connectivity index (χ1n) is 6.77. The van der Waals surface area contributed by atoms with E-state index in [9.17, 15) is 0 Å². The summed E-state index contributed by atoms with van der Waals surface area (Å²) < 4.78 is 6.95. The van der Waals surface area contributed by atoms with E-state index in [0.717, 1.165) is 11.3 Å². The van der Waals surface area contributed by atoms with Crippen LogP contribution in [0.4, 0.5) is 0 Å². The Balaban J connectivity index is 1.66. The summed E-state index contributed by atoms with van der Waals surface area (Å²) in [6, 6.07) is 19.4. The molecule has 4 rings (SSSR count). The van der Waals surface area contributed by atoms with Crippen LogP contribution in [-0.4, -0.2) is 25.1 Å². The van der Waals surface area contributed by atoms with Crippen LogP contribution in [-0.2, 0) is 0 Å². The Bertz CT molecular complexity index is 807. The first-order chi connectivity index (χ1) is 10.9.